The van der Waals surface area contributed by atoms with Crippen molar-refractivity contribution in [2.45, 2.75) is 25.8 Å². The average Bonchev–Trinajstić information content (AvgIpc) is 2.38. The lowest BCUT2D eigenvalue weighted by Gasteiger charge is -2.16. The molecule has 0 radical (unpaired) electrons. The molecule has 0 spiro atoms. The van der Waals surface area contributed by atoms with Gasteiger partial charge >= 0.3 is 0 Å². The number of hydrogen-bond donors (Lipinski definition) is 1. The maximum absolute atomic E-state index is 13.9. The molecule has 0 fully saturated rings. The van der Waals surface area contributed by atoms with Crippen molar-refractivity contribution in [1.29, 1.82) is 0 Å². The van der Waals surface area contributed by atoms with Crippen molar-refractivity contribution < 1.29 is 4.39 Å². The second-order valence-corrected chi connectivity index (χ2v) is 5.79. The Bertz CT molecular complexity index is 543. The number of benzene rings is 2. The van der Waals surface area contributed by atoms with Crippen LogP contribution in [0.1, 0.15) is 42.5 Å². The zero-order valence-corrected chi connectivity index (χ0v) is 12.6. The molecule has 0 saturated heterocycles. The van der Waals surface area contributed by atoms with Gasteiger partial charge in [-0.2, -0.15) is 0 Å². The minimum absolute atomic E-state index is 0.283. The molecule has 0 bridgehead atoms. The van der Waals surface area contributed by atoms with Gasteiger partial charge in [-0.1, -0.05) is 60.1 Å². The minimum atomic E-state index is -0.461. The van der Waals surface area contributed by atoms with E-state index in [0.717, 1.165) is 5.56 Å². The fraction of sp³-hybridized carbons (Fsp3) is 0.250. The first-order valence-corrected chi connectivity index (χ1v) is 7.09. The van der Waals surface area contributed by atoms with Gasteiger partial charge in [0.15, 0.2) is 0 Å². The van der Waals surface area contributed by atoms with Crippen molar-refractivity contribution in [3.63, 3.8) is 0 Å². The molecule has 2 aromatic carbocycles. The Balaban J connectivity index is 2.36. The highest BCUT2D eigenvalue weighted by atomic mass is 79.9. The Hall–Kier alpha value is -1.19. The van der Waals surface area contributed by atoms with E-state index >= 15 is 0 Å². The molecule has 19 heavy (non-hydrogen) atoms. The molecule has 2 aromatic rings. The van der Waals surface area contributed by atoms with Crippen LogP contribution in [0.3, 0.4) is 0 Å². The predicted molar refractivity (Wildman–Crippen MR) is 80.7 cm³/mol. The van der Waals surface area contributed by atoms with Crippen molar-refractivity contribution in [3.8, 4) is 0 Å². The van der Waals surface area contributed by atoms with E-state index in [-0.39, 0.29) is 5.82 Å². The Morgan fingerprint density at radius 3 is 2.11 bits per heavy atom. The van der Waals surface area contributed by atoms with Crippen molar-refractivity contribution in [1.82, 2.24) is 0 Å². The van der Waals surface area contributed by atoms with Gasteiger partial charge in [0.1, 0.15) is 5.82 Å². The van der Waals surface area contributed by atoms with Crippen molar-refractivity contribution in [2.24, 2.45) is 5.73 Å². The largest absolute Gasteiger partial charge is 0.320 e. The van der Waals surface area contributed by atoms with E-state index < -0.39 is 6.04 Å². The monoisotopic (exact) mass is 321 g/mol. The topological polar surface area (TPSA) is 26.0 Å². The van der Waals surface area contributed by atoms with Gasteiger partial charge in [-0.05, 0) is 29.2 Å². The van der Waals surface area contributed by atoms with Gasteiger partial charge in [0.2, 0.25) is 0 Å². The smallest absolute Gasteiger partial charge is 0.129 e. The molecule has 1 unspecified atom stereocenters. The Morgan fingerprint density at radius 1 is 1.00 bits per heavy atom. The predicted octanol–water partition coefficient (Wildman–Crippen LogP) is 4.76. The van der Waals surface area contributed by atoms with Crippen LogP contribution in [-0.2, 0) is 0 Å². The molecule has 2 N–H and O–H groups in total. The summed E-state index contributed by atoms with van der Waals surface area (Å²) in [5.74, 6) is 0.195. The van der Waals surface area contributed by atoms with Crippen LogP contribution in [0.15, 0.2) is 46.9 Å². The van der Waals surface area contributed by atoms with Gasteiger partial charge in [0, 0.05) is 10.0 Å². The van der Waals surface area contributed by atoms with Crippen molar-refractivity contribution in [3.05, 3.63) is 69.4 Å². The van der Waals surface area contributed by atoms with Gasteiger partial charge in [-0.15, -0.1) is 0 Å². The summed E-state index contributed by atoms with van der Waals surface area (Å²) in [5.41, 5.74) is 8.84. The third-order valence-corrected chi connectivity index (χ3v) is 3.96. The quantitative estimate of drug-likeness (QED) is 0.866. The highest BCUT2D eigenvalue weighted by Crippen LogP contribution is 2.29. The van der Waals surface area contributed by atoms with Gasteiger partial charge in [0.25, 0.3) is 0 Å². The molecule has 3 heteroatoms. The molecule has 0 aliphatic rings. The van der Waals surface area contributed by atoms with Crippen LogP contribution in [0.25, 0.3) is 0 Å². The van der Waals surface area contributed by atoms with E-state index in [9.17, 15) is 4.39 Å². The van der Waals surface area contributed by atoms with Crippen LogP contribution >= 0.6 is 15.9 Å². The second kappa shape index (κ2) is 5.85. The van der Waals surface area contributed by atoms with Gasteiger partial charge in [0.05, 0.1) is 6.04 Å². The molecule has 0 amide bonds. The Morgan fingerprint density at radius 2 is 1.58 bits per heavy atom. The molecule has 0 heterocycles. The summed E-state index contributed by atoms with van der Waals surface area (Å²) in [6.45, 7) is 4.28. The summed E-state index contributed by atoms with van der Waals surface area (Å²) in [6.07, 6.45) is 0. The summed E-state index contributed by atoms with van der Waals surface area (Å²) in [5, 5.41) is 0. The average molecular weight is 322 g/mol. The molecule has 0 aliphatic carbocycles. The molecular weight excluding hydrogens is 305 g/mol. The van der Waals surface area contributed by atoms with Crippen LogP contribution in [0.4, 0.5) is 4.39 Å². The number of nitrogens with two attached hydrogens (primary N) is 1. The third-order valence-electron chi connectivity index (χ3n) is 3.27. The fourth-order valence-electron chi connectivity index (χ4n) is 2.06. The first-order valence-electron chi connectivity index (χ1n) is 6.30. The highest BCUT2D eigenvalue weighted by molar-refractivity contribution is 9.10. The summed E-state index contributed by atoms with van der Waals surface area (Å²) < 4.78 is 14.6. The zero-order chi connectivity index (χ0) is 14.0. The standard InChI is InChI=1S/C16H17BrFN/c1-10(2)11-6-8-12(9-7-11)16(19)15-13(17)4-3-5-14(15)18/h3-10,16H,19H2,1-2H3. The molecular formula is C16H17BrFN. The van der Waals surface area contributed by atoms with E-state index in [2.05, 4.69) is 41.9 Å². The van der Waals surface area contributed by atoms with E-state index in [0.29, 0.717) is 16.0 Å². The Kier molecular flexibility index (Phi) is 4.38. The van der Waals surface area contributed by atoms with E-state index in [1.807, 2.05) is 12.1 Å². The van der Waals surface area contributed by atoms with E-state index in [1.165, 1.54) is 11.6 Å². The molecule has 2 rings (SSSR count). The molecule has 100 valence electrons. The summed E-state index contributed by atoms with van der Waals surface area (Å²) in [7, 11) is 0. The van der Waals surface area contributed by atoms with Crippen LogP contribution in [-0.4, -0.2) is 0 Å². The molecule has 1 nitrogen and oxygen atoms in total. The van der Waals surface area contributed by atoms with Gasteiger partial charge in [-0.25, -0.2) is 4.39 Å². The Labute approximate surface area is 121 Å². The lowest BCUT2D eigenvalue weighted by atomic mass is 9.95. The number of rotatable bonds is 3. The zero-order valence-electron chi connectivity index (χ0n) is 11.0. The number of hydrogen-bond acceptors (Lipinski definition) is 1. The molecule has 0 aromatic heterocycles. The van der Waals surface area contributed by atoms with Crippen molar-refractivity contribution >= 4 is 15.9 Å². The van der Waals surface area contributed by atoms with Crippen LogP contribution in [0, 0.1) is 5.82 Å². The minimum Gasteiger partial charge on any atom is -0.320 e. The summed E-state index contributed by atoms with van der Waals surface area (Å²) >= 11 is 3.36. The summed E-state index contributed by atoms with van der Waals surface area (Å²) in [6, 6.07) is 12.5. The van der Waals surface area contributed by atoms with E-state index in [4.69, 9.17) is 5.73 Å². The fourth-order valence-corrected chi connectivity index (χ4v) is 2.65. The first-order chi connectivity index (χ1) is 9.00. The molecule has 0 saturated carbocycles. The first kappa shape index (κ1) is 14.2. The van der Waals surface area contributed by atoms with E-state index in [1.54, 1.807) is 12.1 Å². The van der Waals surface area contributed by atoms with Crippen LogP contribution in [0.2, 0.25) is 0 Å². The maximum atomic E-state index is 13.9. The SMILES string of the molecule is CC(C)c1ccc(C(N)c2c(F)cccc2Br)cc1. The highest BCUT2D eigenvalue weighted by Gasteiger charge is 2.16. The van der Waals surface area contributed by atoms with Crippen LogP contribution < -0.4 is 5.73 Å². The number of halogens is 2. The maximum Gasteiger partial charge on any atom is 0.129 e. The van der Waals surface area contributed by atoms with Gasteiger partial charge in [-0.3, -0.25) is 0 Å². The van der Waals surface area contributed by atoms with Crippen LogP contribution in [0.5, 0.6) is 0 Å². The van der Waals surface area contributed by atoms with Gasteiger partial charge < -0.3 is 5.73 Å². The lowest BCUT2D eigenvalue weighted by Crippen LogP contribution is -2.14. The molecule has 0 aliphatic heterocycles. The molecule has 1 atom stereocenters. The summed E-state index contributed by atoms with van der Waals surface area (Å²) in [4.78, 5) is 0. The lowest BCUT2D eigenvalue weighted by molar-refractivity contribution is 0.598. The second-order valence-electron chi connectivity index (χ2n) is 4.93. The van der Waals surface area contributed by atoms with Crippen molar-refractivity contribution in [2.75, 3.05) is 0 Å². The normalized spacial score (nSPS) is 12.7. The third kappa shape index (κ3) is 3.04.